The van der Waals surface area contributed by atoms with Crippen LogP contribution in [-0.2, 0) is 6.54 Å². The van der Waals surface area contributed by atoms with Crippen molar-refractivity contribution in [3.8, 4) is 10.7 Å². The summed E-state index contributed by atoms with van der Waals surface area (Å²) in [5.41, 5.74) is 6.28. The lowest BCUT2D eigenvalue weighted by Gasteiger charge is -1.99. The minimum absolute atomic E-state index is 0.430. The van der Waals surface area contributed by atoms with Gasteiger partial charge >= 0.3 is 0 Å². The van der Waals surface area contributed by atoms with Gasteiger partial charge < -0.3 is 5.73 Å². The van der Waals surface area contributed by atoms with Crippen molar-refractivity contribution in [1.82, 2.24) is 20.0 Å². The van der Waals surface area contributed by atoms with Gasteiger partial charge in [-0.2, -0.15) is 5.10 Å². The molecule has 0 bridgehead atoms. The number of rotatable bonds is 2. The summed E-state index contributed by atoms with van der Waals surface area (Å²) in [5.74, 6) is 0. The predicted octanol–water partition coefficient (Wildman–Crippen LogP) is 1.66. The van der Waals surface area contributed by atoms with Crippen molar-refractivity contribution in [2.45, 2.75) is 13.5 Å². The van der Waals surface area contributed by atoms with Crippen LogP contribution in [0.1, 0.15) is 6.92 Å². The van der Waals surface area contributed by atoms with Crippen molar-refractivity contribution in [2.24, 2.45) is 0 Å². The van der Waals surface area contributed by atoms with Gasteiger partial charge in [-0.15, -0.1) is 10.2 Å². The van der Waals surface area contributed by atoms with Crippen molar-refractivity contribution in [3.63, 3.8) is 0 Å². The molecule has 0 aliphatic carbocycles. The lowest BCUT2D eigenvalue weighted by Crippen LogP contribution is -1.98. The van der Waals surface area contributed by atoms with E-state index < -0.39 is 0 Å². The third-order valence-electron chi connectivity index (χ3n) is 1.74. The Labute approximate surface area is 89.5 Å². The summed E-state index contributed by atoms with van der Waals surface area (Å²) in [7, 11) is 0. The van der Waals surface area contributed by atoms with E-state index >= 15 is 0 Å². The SMILES string of the molecule is CCn1ncc(Cl)c1-c1nnc(N)s1. The highest BCUT2D eigenvalue weighted by molar-refractivity contribution is 7.18. The molecule has 2 N–H and O–H groups in total. The lowest BCUT2D eigenvalue weighted by molar-refractivity contribution is 0.666. The van der Waals surface area contributed by atoms with Gasteiger partial charge in [0.1, 0.15) is 5.69 Å². The lowest BCUT2D eigenvalue weighted by atomic mass is 10.4. The first kappa shape index (κ1) is 9.42. The van der Waals surface area contributed by atoms with Gasteiger partial charge in [0.05, 0.1) is 11.2 Å². The number of aromatic nitrogens is 4. The molecule has 7 heteroatoms. The molecular formula is C7H8ClN5S. The Hall–Kier alpha value is -1.14. The molecule has 2 aromatic rings. The summed E-state index contributed by atoms with van der Waals surface area (Å²) < 4.78 is 1.77. The zero-order valence-corrected chi connectivity index (χ0v) is 9.01. The Morgan fingerprint density at radius 2 is 2.36 bits per heavy atom. The standard InChI is InChI=1S/C7H8ClN5S/c1-2-13-5(4(8)3-10-13)6-11-12-7(9)14-6/h3H,2H2,1H3,(H2,9,12). The molecule has 0 aliphatic heterocycles. The molecule has 0 saturated carbocycles. The van der Waals surface area contributed by atoms with Crippen LogP contribution in [0.3, 0.4) is 0 Å². The Morgan fingerprint density at radius 1 is 1.57 bits per heavy atom. The Balaban J connectivity index is 2.54. The van der Waals surface area contributed by atoms with Crippen LogP contribution in [0.25, 0.3) is 10.7 Å². The molecule has 14 heavy (non-hydrogen) atoms. The van der Waals surface area contributed by atoms with E-state index in [9.17, 15) is 0 Å². The van der Waals surface area contributed by atoms with E-state index in [1.165, 1.54) is 11.3 Å². The van der Waals surface area contributed by atoms with Crippen LogP contribution in [0.4, 0.5) is 5.13 Å². The van der Waals surface area contributed by atoms with Crippen LogP contribution in [0.2, 0.25) is 5.02 Å². The molecule has 0 fully saturated rings. The van der Waals surface area contributed by atoms with Gasteiger partial charge in [-0.3, -0.25) is 4.68 Å². The van der Waals surface area contributed by atoms with Crippen molar-refractivity contribution < 1.29 is 0 Å². The van der Waals surface area contributed by atoms with Gasteiger partial charge in [0.15, 0.2) is 5.01 Å². The number of anilines is 1. The van der Waals surface area contributed by atoms with Crippen LogP contribution in [0.5, 0.6) is 0 Å². The fourth-order valence-electron chi connectivity index (χ4n) is 1.15. The molecule has 5 nitrogen and oxygen atoms in total. The zero-order valence-electron chi connectivity index (χ0n) is 7.44. The molecule has 0 aliphatic rings. The maximum Gasteiger partial charge on any atom is 0.203 e. The third-order valence-corrected chi connectivity index (χ3v) is 2.77. The number of nitrogens with zero attached hydrogens (tertiary/aromatic N) is 4. The molecule has 2 rings (SSSR count). The van der Waals surface area contributed by atoms with E-state index in [0.29, 0.717) is 15.2 Å². The minimum atomic E-state index is 0.430. The van der Waals surface area contributed by atoms with Crippen LogP contribution < -0.4 is 5.73 Å². The summed E-state index contributed by atoms with van der Waals surface area (Å²) in [6.07, 6.45) is 1.60. The normalized spacial score (nSPS) is 10.7. The minimum Gasteiger partial charge on any atom is -0.374 e. The number of hydrogen-bond donors (Lipinski definition) is 1. The van der Waals surface area contributed by atoms with E-state index in [1.807, 2.05) is 6.92 Å². The Morgan fingerprint density at radius 3 is 2.93 bits per heavy atom. The Bertz CT molecular complexity index is 449. The van der Waals surface area contributed by atoms with Gasteiger partial charge in [0.25, 0.3) is 0 Å². The van der Waals surface area contributed by atoms with Crippen LogP contribution in [0.15, 0.2) is 6.20 Å². The van der Waals surface area contributed by atoms with Crippen molar-refractivity contribution in [3.05, 3.63) is 11.2 Å². The predicted molar refractivity (Wildman–Crippen MR) is 56.2 cm³/mol. The number of nitrogen functional groups attached to an aromatic ring is 1. The quantitative estimate of drug-likeness (QED) is 0.850. The van der Waals surface area contributed by atoms with E-state index in [4.69, 9.17) is 17.3 Å². The topological polar surface area (TPSA) is 69.6 Å². The molecule has 0 spiro atoms. The fraction of sp³-hybridized carbons (Fsp3) is 0.286. The molecule has 74 valence electrons. The number of hydrogen-bond acceptors (Lipinski definition) is 5. The van der Waals surface area contributed by atoms with E-state index in [0.717, 1.165) is 12.2 Å². The molecule has 0 amide bonds. The summed E-state index contributed by atoms with van der Waals surface area (Å²) in [6, 6.07) is 0. The first-order valence-electron chi connectivity index (χ1n) is 4.03. The van der Waals surface area contributed by atoms with Crippen molar-refractivity contribution in [1.29, 1.82) is 0 Å². The number of nitrogens with two attached hydrogens (primary N) is 1. The number of aryl methyl sites for hydroxylation is 1. The van der Waals surface area contributed by atoms with Gasteiger partial charge in [0, 0.05) is 6.54 Å². The largest absolute Gasteiger partial charge is 0.374 e. The first-order valence-corrected chi connectivity index (χ1v) is 5.22. The van der Waals surface area contributed by atoms with Gasteiger partial charge in [0.2, 0.25) is 5.13 Å². The highest BCUT2D eigenvalue weighted by Gasteiger charge is 2.14. The second kappa shape index (κ2) is 3.55. The molecular weight excluding hydrogens is 222 g/mol. The van der Waals surface area contributed by atoms with Crippen LogP contribution in [0, 0.1) is 0 Å². The van der Waals surface area contributed by atoms with Gasteiger partial charge in [-0.25, -0.2) is 0 Å². The summed E-state index contributed by atoms with van der Waals surface area (Å²) in [6.45, 7) is 2.72. The van der Waals surface area contributed by atoms with Gasteiger partial charge in [-0.1, -0.05) is 22.9 Å². The highest BCUT2D eigenvalue weighted by atomic mass is 35.5. The van der Waals surface area contributed by atoms with E-state index in [1.54, 1.807) is 10.9 Å². The third kappa shape index (κ3) is 1.46. The van der Waals surface area contributed by atoms with E-state index in [2.05, 4.69) is 15.3 Å². The van der Waals surface area contributed by atoms with Crippen molar-refractivity contribution >= 4 is 28.1 Å². The summed E-state index contributed by atoms with van der Waals surface area (Å²) >= 11 is 7.28. The average Bonchev–Trinajstić information content (AvgIpc) is 2.71. The Kier molecular flexibility index (Phi) is 2.39. The molecule has 0 radical (unpaired) electrons. The summed E-state index contributed by atoms with van der Waals surface area (Å²) in [4.78, 5) is 0. The smallest absolute Gasteiger partial charge is 0.203 e. The maximum absolute atomic E-state index is 5.98. The molecule has 0 atom stereocenters. The van der Waals surface area contributed by atoms with Gasteiger partial charge in [-0.05, 0) is 6.92 Å². The monoisotopic (exact) mass is 229 g/mol. The molecule has 2 aromatic heterocycles. The van der Waals surface area contributed by atoms with Crippen LogP contribution in [-0.4, -0.2) is 20.0 Å². The second-order valence-corrected chi connectivity index (χ2v) is 4.02. The first-order chi connectivity index (χ1) is 6.72. The van der Waals surface area contributed by atoms with Crippen molar-refractivity contribution in [2.75, 3.05) is 5.73 Å². The fourth-order valence-corrected chi connectivity index (χ4v) is 2.11. The zero-order chi connectivity index (χ0) is 10.1. The molecule has 0 unspecified atom stereocenters. The molecule has 0 saturated heterocycles. The average molecular weight is 230 g/mol. The second-order valence-electron chi connectivity index (χ2n) is 2.60. The molecule has 2 heterocycles. The molecule has 0 aromatic carbocycles. The maximum atomic E-state index is 5.98. The van der Waals surface area contributed by atoms with Crippen LogP contribution >= 0.6 is 22.9 Å². The summed E-state index contributed by atoms with van der Waals surface area (Å²) in [5, 5.41) is 13.5. The van der Waals surface area contributed by atoms with E-state index in [-0.39, 0.29) is 0 Å². The number of halogens is 1. The highest BCUT2D eigenvalue weighted by Crippen LogP contribution is 2.30.